The quantitative estimate of drug-likeness (QED) is 0.400. The first-order valence-electron chi connectivity index (χ1n) is 11.6. The zero-order valence-electron chi connectivity index (χ0n) is 19.7. The molecule has 3 heterocycles. The van der Waals surface area contributed by atoms with Gasteiger partial charge in [0.05, 0.1) is 22.4 Å². The molecule has 0 aliphatic carbocycles. The Labute approximate surface area is 185 Å². The minimum atomic E-state index is -2.31. The highest BCUT2D eigenvalue weighted by molar-refractivity contribution is 5.82. The molecule has 3 aromatic carbocycles. The van der Waals surface area contributed by atoms with Gasteiger partial charge < -0.3 is 0 Å². The zero-order chi connectivity index (χ0) is 23.3. The molecule has 0 radical (unpaired) electrons. The standard InChI is InChI=1S/C26H21N5/c1-29-18-30(26-28-24-13-5-6-16-25(24)31(26)29)21-12-7-11-20(17-21)23-15-8-14-22(27-23)19-9-3-2-4-10-19/h2-17H,18H2,1H3/i1D3. The maximum atomic E-state index is 8.08. The Morgan fingerprint density at radius 3 is 2.35 bits per heavy atom. The predicted molar refractivity (Wildman–Crippen MR) is 126 cm³/mol. The van der Waals surface area contributed by atoms with Crippen LogP contribution in [0.4, 0.5) is 11.6 Å². The fourth-order valence-electron chi connectivity index (χ4n) is 4.07. The van der Waals surface area contributed by atoms with Gasteiger partial charge in [0.25, 0.3) is 0 Å². The van der Waals surface area contributed by atoms with E-state index in [1.165, 1.54) is 5.01 Å². The van der Waals surface area contributed by atoms with Crippen molar-refractivity contribution in [1.29, 1.82) is 0 Å². The van der Waals surface area contributed by atoms with E-state index in [4.69, 9.17) is 14.1 Å². The molecule has 0 amide bonds. The van der Waals surface area contributed by atoms with Gasteiger partial charge >= 0.3 is 0 Å². The normalized spacial score (nSPS) is 14.9. The van der Waals surface area contributed by atoms with Gasteiger partial charge in [0.1, 0.15) is 6.67 Å². The van der Waals surface area contributed by atoms with Crippen LogP contribution >= 0.6 is 0 Å². The van der Waals surface area contributed by atoms with Crippen LogP contribution in [-0.4, -0.2) is 28.3 Å². The molecule has 0 spiro atoms. The van der Waals surface area contributed by atoms with Crippen LogP contribution in [0.1, 0.15) is 4.11 Å². The zero-order valence-corrected chi connectivity index (χ0v) is 16.7. The Hall–Kier alpha value is -4.12. The summed E-state index contributed by atoms with van der Waals surface area (Å²) in [6.07, 6.45) is 0. The molecule has 0 saturated heterocycles. The van der Waals surface area contributed by atoms with Crippen LogP contribution in [0.5, 0.6) is 0 Å². The maximum absolute atomic E-state index is 8.08. The van der Waals surface area contributed by atoms with E-state index in [9.17, 15) is 0 Å². The third-order valence-electron chi connectivity index (χ3n) is 5.55. The Morgan fingerprint density at radius 1 is 0.742 bits per heavy atom. The Balaban J connectivity index is 1.43. The van der Waals surface area contributed by atoms with Gasteiger partial charge in [0.2, 0.25) is 5.95 Å². The second-order valence-electron chi connectivity index (χ2n) is 7.51. The summed E-state index contributed by atoms with van der Waals surface area (Å²) >= 11 is 0. The second kappa shape index (κ2) is 6.99. The van der Waals surface area contributed by atoms with Crippen molar-refractivity contribution in [2.24, 2.45) is 0 Å². The summed E-state index contributed by atoms with van der Waals surface area (Å²) in [6, 6.07) is 31.6. The van der Waals surface area contributed by atoms with E-state index >= 15 is 0 Å². The van der Waals surface area contributed by atoms with Crippen LogP contribution < -0.4 is 9.91 Å². The van der Waals surface area contributed by atoms with Gasteiger partial charge in [-0.25, -0.2) is 14.6 Å². The number of nitrogens with zero attached hydrogens (tertiary/aromatic N) is 5. The van der Waals surface area contributed by atoms with Crippen molar-refractivity contribution < 1.29 is 4.11 Å². The molecule has 0 bridgehead atoms. The lowest BCUT2D eigenvalue weighted by Gasteiger charge is -2.18. The van der Waals surface area contributed by atoms with Crippen molar-refractivity contribution in [2.45, 2.75) is 0 Å². The van der Waals surface area contributed by atoms with Crippen LogP contribution in [0, 0.1) is 0 Å². The minimum Gasteiger partial charge on any atom is -0.292 e. The summed E-state index contributed by atoms with van der Waals surface area (Å²) in [6.45, 7) is -2.14. The Bertz CT molecular complexity index is 1490. The van der Waals surface area contributed by atoms with E-state index in [2.05, 4.69) is 0 Å². The molecule has 0 atom stereocenters. The highest BCUT2D eigenvalue weighted by atomic mass is 15.7. The van der Waals surface area contributed by atoms with Gasteiger partial charge in [-0.1, -0.05) is 60.7 Å². The lowest BCUT2D eigenvalue weighted by Crippen LogP contribution is -2.29. The van der Waals surface area contributed by atoms with Crippen molar-refractivity contribution in [2.75, 3.05) is 23.6 Å². The van der Waals surface area contributed by atoms with Crippen molar-refractivity contribution in [3.8, 4) is 22.5 Å². The molecule has 5 aromatic rings. The molecule has 1 aliphatic rings. The largest absolute Gasteiger partial charge is 0.292 e. The third kappa shape index (κ3) is 2.94. The maximum Gasteiger partial charge on any atom is 0.232 e. The van der Waals surface area contributed by atoms with E-state index in [-0.39, 0.29) is 6.67 Å². The van der Waals surface area contributed by atoms with Crippen LogP contribution in [0.2, 0.25) is 0 Å². The first-order valence-corrected chi connectivity index (χ1v) is 10.1. The summed E-state index contributed by atoms with van der Waals surface area (Å²) in [7, 11) is 0. The number of hydrogen-bond donors (Lipinski definition) is 0. The average Bonchev–Trinajstić information content (AvgIpc) is 3.42. The number of anilines is 2. The summed E-state index contributed by atoms with van der Waals surface area (Å²) in [5, 5.41) is 1.37. The highest BCUT2D eigenvalue weighted by Gasteiger charge is 2.28. The third-order valence-corrected chi connectivity index (χ3v) is 5.55. The molecule has 0 saturated carbocycles. The lowest BCUT2D eigenvalue weighted by atomic mass is 10.1. The number of fused-ring (bicyclic) bond motifs is 3. The first-order chi connectivity index (χ1) is 16.5. The number of hydrogen-bond acceptors (Lipinski definition) is 4. The number of para-hydroxylation sites is 2. The summed E-state index contributed by atoms with van der Waals surface area (Å²) < 4.78 is 25.9. The van der Waals surface area contributed by atoms with E-state index < -0.39 is 6.98 Å². The molecular formula is C26H21N5. The second-order valence-corrected chi connectivity index (χ2v) is 7.51. The highest BCUT2D eigenvalue weighted by Crippen LogP contribution is 2.34. The van der Waals surface area contributed by atoms with Crippen molar-refractivity contribution in [1.82, 2.24) is 14.6 Å². The molecule has 0 unspecified atom stereocenters. The molecule has 6 rings (SSSR count). The van der Waals surface area contributed by atoms with Gasteiger partial charge in [0, 0.05) is 27.9 Å². The van der Waals surface area contributed by atoms with Gasteiger partial charge in [-0.3, -0.25) is 9.91 Å². The summed E-state index contributed by atoms with van der Waals surface area (Å²) in [4.78, 5) is 11.6. The number of imidazole rings is 1. The van der Waals surface area contributed by atoms with Crippen molar-refractivity contribution in [3.63, 3.8) is 0 Å². The molecule has 31 heavy (non-hydrogen) atoms. The monoisotopic (exact) mass is 406 g/mol. The van der Waals surface area contributed by atoms with Crippen LogP contribution in [0.15, 0.2) is 97.1 Å². The van der Waals surface area contributed by atoms with E-state index in [1.807, 2.05) is 102 Å². The topological polar surface area (TPSA) is 37.2 Å². The smallest absolute Gasteiger partial charge is 0.232 e. The Morgan fingerprint density at radius 2 is 1.48 bits per heavy atom. The number of benzene rings is 3. The first kappa shape index (κ1) is 14.8. The molecule has 5 nitrogen and oxygen atoms in total. The molecule has 1 aliphatic heterocycles. The molecule has 2 aromatic heterocycles. The van der Waals surface area contributed by atoms with E-state index in [0.717, 1.165) is 39.2 Å². The predicted octanol–water partition coefficient (Wildman–Crippen LogP) is 5.44. The van der Waals surface area contributed by atoms with E-state index in [0.29, 0.717) is 5.95 Å². The number of rotatable bonds is 3. The Kier molecular flexibility index (Phi) is 3.34. The fraction of sp³-hybridized carbons (Fsp3) is 0.0769. The average molecular weight is 407 g/mol. The molecule has 150 valence electrons. The van der Waals surface area contributed by atoms with Crippen molar-refractivity contribution >= 4 is 22.7 Å². The van der Waals surface area contributed by atoms with E-state index in [1.54, 1.807) is 4.68 Å². The van der Waals surface area contributed by atoms with Gasteiger partial charge in [0.15, 0.2) is 0 Å². The molecule has 5 heteroatoms. The van der Waals surface area contributed by atoms with Gasteiger partial charge in [-0.2, -0.15) is 0 Å². The lowest BCUT2D eigenvalue weighted by molar-refractivity contribution is 0.759. The molecule has 0 N–H and O–H groups in total. The molecular weight excluding hydrogens is 382 g/mol. The summed E-state index contributed by atoms with van der Waals surface area (Å²) in [5.74, 6) is 0.584. The fourth-order valence-corrected chi connectivity index (χ4v) is 4.07. The molecule has 0 fully saturated rings. The number of pyridine rings is 1. The van der Waals surface area contributed by atoms with Crippen LogP contribution in [-0.2, 0) is 0 Å². The van der Waals surface area contributed by atoms with Gasteiger partial charge in [-0.05, 0) is 36.4 Å². The van der Waals surface area contributed by atoms with Crippen LogP contribution in [0.3, 0.4) is 0 Å². The van der Waals surface area contributed by atoms with Gasteiger partial charge in [-0.15, -0.1) is 0 Å². The SMILES string of the molecule is [2H]C([2H])([2H])N1CN(c2cccc(-c3cccc(-c4ccccc4)n3)c2)c2nc3ccccc3n21. The minimum absolute atomic E-state index is 0.171. The summed E-state index contributed by atoms with van der Waals surface area (Å²) in [5.41, 5.74) is 6.14. The number of aromatic nitrogens is 3. The van der Waals surface area contributed by atoms with Crippen LogP contribution in [0.25, 0.3) is 33.5 Å². The van der Waals surface area contributed by atoms with Crippen molar-refractivity contribution in [3.05, 3.63) is 97.1 Å².